The van der Waals surface area contributed by atoms with E-state index in [1.807, 2.05) is 13.8 Å². The van der Waals surface area contributed by atoms with Crippen molar-refractivity contribution in [1.29, 1.82) is 0 Å². The molecule has 0 atom stereocenters. The molecule has 0 spiro atoms. The van der Waals surface area contributed by atoms with Crippen molar-refractivity contribution >= 4 is 11.6 Å². The van der Waals surface area contributed by atoms with E-state index in [0.717, 1.165) is 12.1 Å². The Balaban J connectivity index is 2.17. The Morgan fingerprint density at radius 1 is 0.867 bits per heavy atom. The fourth-order valence-electron chi connectivity index (χ4n) is 2.74. The van der Waals surface area contributed by atoms with Gasteiger partial charge in [-0.05, 0) is 31.5 Å². The Morgan fingerprint density at radius 2 is 1.40 bits per heavy atom. The predicted molar refractivity (Wildman–Crippen MR) is 97.7 cm³/mol. The first-order valence-electron chi connectivity index (χ1n) is 8.83. The highest BCUT2D eigenvalue weighted by Gasteiger charge is 2.73. The van der Waals surface area contributed by atoms with Gasteiger partial charge in [-0.15, -0.1) is 0 Å². The maximum absolute atomic E-state index is 14.0. The monoisotopic (exact) mass is 436 g/mol. The number of hydrogen-bond acceptors (Lipinski definition) is 2. The number of anilines is 1. The van der Waals surface area contributed by atoms with Crippen molar-refractivity contribution in [3.05, 3.63) is 65.2 Å². The molecule has 3 nitrogen and oxygen atoms in total. The first-order valence-corrected chi connectivity index (χ1v) is 8.83. The summed E-state index contributed by atoms with van der Waals surface area (Å²) in [6.07, 6.45) is -12.3. The topological polar surface area (TPSA) is 41.1 Å². The zero-order valence-electron chi connectivity index (χ0n) is 16.0. The molecule has 2 aromatic rings. The minimum absolute atomic E-state index is 0.0507. The molecule has 2 N–H and O–H groups in total. The van der Waals surface area contributed by atoms with E-state index in [4.69, 9.17) is 0 Å². The first kappa shape index (κ1) is 23.5. The summed E-state index contributed by atoms with van der Waals surface area (Å²) < 4.78 is 90.8. The van der Waals surface area contributed by atoms with Gasteiger partial charge in [0, 0.05) is 23.8 Å². The number of para-hydroxylation sites is 1. The van der Waals surface area contributed by atoms with Crippen LogP contribution in [0.3, 0.4) is 0 Å². The molecule has 0 heterocycles. The van der Waals surface area contributed by atoms with Crippen molar-refractivity contribution in [3.63, 3.8) is 0 Å². The Morgan fingerprint density at radius 3 is 1.90 bits per heavy atom. The lowest BCUT2D eigenvalue weighted by molar-refractivity contribution is -0.348. The molecule has 10 heteroatoms. The summed E-state index contributed by atoms with van der Waals surface area (Å²) in [4.78, 5) is 12.4. The molecule has 2 aromatic carbocycles. The molecule has 1 amide bonds. The summed E-state index contributed by atoms with van der Waals surface area (Å²) in [5.74, 6) is -0.492. The fourth-order valence-corrected chi connectivity index (χ4v) is 2.74. The molecular weight excluding hydrogens is 417 g/mol. The zero-order valence-corrected chi connectivity index (χ0v) is 16.0. The van der Waals surface area contributed by atoms with E-state index in [9.17, 15) is 35.5 Å². The average Bonchev–Trinajstić information content (AvgIpc) is 2.64. The normalized spacial score (nSPS) is 12.7. The largest absolute Gasteiger partial charge is 0.435 e. The third-order valence-electron chi connectivity index (χ3n) is 4.20. The molecule has 0 saturated heterocycles. The van der Waals surface area contributed by atoms with Gasteiger partial charge in [-0.25, -0.2) is 4.39 Å². The van der Waals surface area contributed by atoms with E-state index in [0.29, 0.717) is 23.4 Å². The lowest BCUT2D eigenvalue weighted by Crippen LogP contribution is -2.50. The second-order valence-electron chi connectivity index (χ2n) is 6.88. The SMILES string of the molecule is CC(C)Nc1ccccc1C(=O)NCc1ccc(C(F)(C(F)(F)F)C(F)(F)F)cc1. The molecule has 2 rings (SSSR count). The summed E-state index contributed by atoms with van der Waals surface area (Å²) in [7, 11) is 0. The van der Waals surface area contributed by atoms with Crippen molar-refractivity contribution in [2.45, 2.75) is 44.5 Å². The van der Waals surface area contributed by atoms with Crippen molar-refractivity contribution in [2.75, 3.05) is 5.32 Å². The van der Waals surface area contributed by atoms with Gasteiger partial charge in [-0.3, -0.25) is 4.79 Å². The Labute approximate surface area is 168 Å². The number of alkyl halides is 7. The molecule has 164 valence electrons. The number of hydrogen-bond donors (Lipinski definition) is 2. The highest BCUT2D eigenvalue weighted by atomic mass is 19.4. The van der Waals surface area contributed by atoms with Gasteiger partial charge >= 0.3 is 18.0 Å². The number of carbonyl (C=O) groups excluding carboxylic acids is 1. The summed E-state index contributed by atoms with van der Waals surface area (Å²) in [6.45, 7) is 3.58. The lowest BCUT2D eigenvalue weighted by atomic mass is 9.93. The summed E-state index contributed by atoms with van der Waals surface area (Å²) in [5.41, 5.74) is -5.97. The molecule has 0 unspecified atom stereocenters. The summed E-state index contributed by atoms with van der Waals surface area (Å²) in [5, 5.41) is 5.62. The molecule has 30 heavy (non-hydrogen) atoms. The van der Waals surface area contributed by atoms with Crippen molar-refractivity contribution in [3.8, 4) is 0 Å². The quantitative estimate of drug-likeness (QED) is 0.569. The second kappa shape index (κ2) is 8.53. The van der Waals surface area contributed by atoms with Crippen molar-refractivity contribution < 1.29 is 35.5 Å². The number of halogens is 7. The van der Waals surface area contributed by atoms with Gasteiger partial charge in [0.05, 0.1) is 5.56 Å². The number of carbonyl (C=O) groups is 1. The summed E-state index contributed by atoms with van der Waals surface area (Å²) in [6, 6.07) is 9.31. The fraction of sp³-hybridized carbons (Fsp3) is 0.350. The standard InChI is InChI=1S/C20H19F7N2O/c1-12(2)29-16-6-4-3-5-15(16)17(30)28-11-13-7-9-14(10-8-13)18(21,19(22,23)24)20(25,26)27/h3-10,12,29H,11H2,1-2H3,(H,28,30). The van der Waals surface area contributed by atoms with E-state index in [1.54, 1.807) is 24.3 Å². The van der Waals surface area contributed by atoms with Crippen LogP contribution in [0.1, 0.15) is 35.3 Å². The van der Waals surface area contributed by atoms with Crippen LogP contribution in [-0.2, 0) is 12.2 Å². The Hall–Kier alpha value is -2.78. The summed E-state index contributed by atoms with van der Waals surface area (Å²) >= 11 is 0. The van der Waals surface area contributed by atoms with E-state index >= 15 is 0 Å². The van der Waals surface area contributed by atoms with Crippen LogP contribution in [0.5, 0.6) is 0 Å². The van der Waals surface area contributed by atoms with Gasteiger partial charge < -0.3 is 10.6 Å². The van der Waals surface area contributed by atoms with Crippen molar-refractivity contribution in [2.24, 2.45) is 0 Å². The van der Waals surface area contributed by atoms with Gasteiger partial charge in [-0.2, -0.15) is 26.3 Å². The van der Waals surface area contributed by atoms with E-state index in [2.05, 4.69) is 10.6 Å². The third kappa shape index (κ3) is 4.85. The molecule has 0 aromatic heterocycles. The van der Waals surface area contributed by atoms with Crippen LogP contribution in [0.2, 0.25) is 0 Å². The smallest absolute Gasteiger partial charge is 0.382 e. The highest BCUT2D eigenvalue weighted by molar-refractivity contribution is 5.99. The minimum Gasteiger partial charge on any atom is -0.382 e. The minimum atomic E-state index is -6.17. The Kier molecular flexibility index (Phi) is 6.68. The zero-order chi connectivity index (χ0) is 22.7. The highest BCUT2D eigenvalue weighted by Crippen LogP contribution is 2.53. The molecule has 0 fully saturated rings. The molecule has 0 aliphatic carbocycles. The average molecular weight is 436 g/mol. The van der Waals surface area contributed by atoms with Crippen molar-refractivity contribution in [1.82, 2.24) is 5.32 Å². The van der Waals surface area contributed by atoms with Crippen LogP contribution in [0.15, 0.2) is 48.5 Å². The van der Waals surface area contributed by atoms with Crippen LogP contribution < -0.4 is 10.6 Å². The van der Waals surface area contributed by atoms with Gasteiger partial charge in [0.25, 0.3) is 5.91 Å². The van der Waals surface area contributed by atoms with Crippen LogP contribution in [0, 0.1) is 0 Å². The molecular formula is C20H19F7N2O. The maximum atomic E-state index is 14.0. The van der Waals surface area contributed by atoms with Gasteiger partial charge in [-0.1, -0.05) is 36.4 Å². The maximum Gasteiger partial charge on any atom is 0.435 e. The molecule has 0 aliphatic heterocycles. The second-order valence-corrected chi connectivity index (χ2v) is 6.88. The number of amides is 1. The van der Waals surface area contributed by atoms with E-state index in [1.165, 1.54) is 0 Å². The first-order chi connectivity index (χ1) is 13.8. The van der Waals surface area contributed by atoms with Crippen LogP contribution in [-0.4, -0.2) is 24.3 Å². The Bertz CT molecular complexity index is 860. The van der Waals surface area contributed by atoms with Gasteiger partial charge in [0.2, 0.25) is 0 Å². The van der Waals surface area contributed by atoms with Gasteiger partial charge in [0.15, 0.2) is 0 Å². The van der Waals surface area contributed by atoms with E-state index < -0.39 is 29.5 Å². The predicted octanol–water partition coefficient (Wildman–Crippen LogP) is 5.73. The molecule has 0 saturated carbocycles. The molecule has 0 bridgehead atoms. The van der Waals surface area contributed by atoms with Gasteiger partial charge in [0.1, 0.15) is 0 Å². The molecule has 0 radical (unpaired) electrons. The lowest BCUT2D eigenvalue weighted by Gasteiger charge is -2.30. The number of nitrogens with one attached hydrogen (secondary N) is 2. The van der Waals surface area contributed by atoms with Crippen LogP contribution >= 0.6 is 0 Å². The third-order valence-corrected chi connectivity index (χ3v) is 4.20. The molecule has 0 aliphatic rings. The van der Waals surface area contributed by atoms with Crippen LogP contribution in [0.4, 0.5) is 36.4 Å². The number of rotatable bonds is 6. The number of benzene rings is 2. The van der Waals surface area contributed by atoms with E-state index in [-0.39, 0.29) is 18.2 Å². The van der Waals surface area contributed by atoms with Crippen LogP contribution in [0.25, 0.3) is 0 Å².